The molecule has 2 aliphatic rings. The number of rotatable bonds is 6. The van der Waals surface area contributed by atoms with Crippen LogP contribution in [0.25, 0.3) is 0 Å². The van der Waals surface area contributed by atoms with Crippen LogP contribution in [0.15, 0.2) is 17.6 Å². The van der Waals surface area contributed by atoms with Gasteiger partial charge in [-0.15, -0.1) is 0 Å². The van der Waals surface area contributed by atoms with Crippen molar-refractivity contribution in [1.82, 2.24) is 14.9 Å². The molecule has 2 aliphatic heterocycles. The summed E-state index contributed by atoms with van der Waals surface area (Å²) in [6, 6.07) is 0. The van der Waals surface area contributed by atoms with E-state index < -0.39 is 7.12 Å². The zero-order chi connectivity index (χ0) is 20.4. The number of nitrogens with zero attached hydrogens (tertiary/aromatic N) is 3. The summed E-state index contributed by atoms with van der Waals surface area (Å²) in [5.74, 6) is 1.83. The minimum Gasteiger partial charge on any atom is -0.399 e. The Morgan fingerprint density at radius 1 is 1.25 bits per heavy atom. The highest BCUT2D eigenvalue weighted by atomic mass is 32.2. The molecule has 1 atom stereocenters. The van der Waals surface area contributed by atoms with E-state index in [1.165, 1.54) is 6.42 Å². The minimum atomic E-state index is -0.417. The zero-order valence-electron chi connectivity index (χ0n) is 17.7. The van der Waals surface area contributed by atoms with Gasteiger partial charge in [0.25, 0.3) is 0 Å². The minimum absolute atomic E-state index is 0.203. The van der Waals surface area contributed by atoms with Gasteiger partial charge in [-0.05, 0) is 59.3 Å². The van der Waals surface area contributed by atoms with Gasteiger partial charge in [-0.2, -0.15) is 0 Å². The molecule has 1 amide bonds. The van der Waals surface area contributed by atoms with Crippen molar-refractivity contribution in [3.63, 3.8) is 0 Å². The molecule has 0 aliphatic carbocycles. The Bertz CT molecular complexity index is 668. The van der Waals surface area contributed by atoms with E-state index in [0.29, 0.717) is 5.92 Å². The largest absolute Gasteiger partial charge is 0.498 e. The third-order valence-corrected chi connectivity index (χ3v) is 7.09. The second kappa shape index (κ2) is 8.72. The maximum Gasteiger partial charge on any atom is 0.498 e. The van der Waals surface area contributed by atoms with Crippen molar-refractivity contribution >= 4 is 30.3 Å². The van der Waals surface area contributed by atoms with Gasteiger partial charge in [0.1, 0.15) is 0 Å². The Kier molecular flexibility index (Phi) is 6.72. The Balaban J connectivity index is 1.42. The predicted octanol–water partition coefficient (Wildman–Crippen LogP) is 2.91. The summed E-state index contributed by atoms with van der Waals surface area (Å²) >= 11 is 1.68. The van der Waals surface area contributed by atoms with Gasteiger partial charge in [0.15, 0.2) is 5.16 Å². The highest BCUT2D eigenvalue weighted by Gasteiger charge is 2.51. The maximum atomic E-state index is 11.5. The van der Waals surface area contributed by atoms with Gasteiger partial charge in [0, 0.05) is 43.6 Å². The Morgan fingerprint density at radius 2 is 1.89 bits per heavy atom. The quantitative estimate of drug-likeness (QED) is 0.314. The van der Waals surface area contributed by atoms with Crippen LogP contribution in [0.4, 0.5) is 0 Å². The van der Waals surface area contributed by atoms with Crippen LogP contribution < -0.4 is 5.46 Å². The monoisotopic (exact) mass is 405 g/mol. The van der Waals surface area contributed by atoms with Crippen LogP contribution in [0.1, 0.15) is 60.3 Å². The number of carbonyl (C=O) groups is 1. The fraction of sp³-hybridized carbons (Fsp3) is 0.750. The predicted molar refractivity (Wildman–Crippen MR) is 113 cm³/mol. The molecule has 1 aromatic heterocycles. The molecule has 0 N–H and O–H groups in total. The maximum absolute atomic E-state index is 11.5. The molecule has 6 nitrogen and oxygen atoms in total. The van der Waals surface area contributed by atoms with E-state index in [1.807, 2.05) is 45.0 Å². The third-order valence-electron chi connectivity index (χ3n) is 6.13. The van der Waals surface area contributed by atoms with Crippen LogP contribution in [0, 0.1) is 5.92 Å². The summed E-state index contributed by atoms with van der Waals surface area (Å²) in [7, 11) is -0.417. The molecular weight excluding hydrogens is 373 g/mol. The summed E-state index contributed by atoms with van der Waals surface area (Å²) < 4.78 is 12.1. The lowest BCUT2D eigenvalue weighted by Gasteiger charge is -2.32. The Hall–Kier alpha value is -1.12. The van der Waals surface area contributed by atoms with Gasteiger partial charge in [-0.1, -0.05) is 11.8 Å². The fourth-order valence-corrected chi connectivity index (χ4v) is 4.37. The van der Waals surface area contributed by atoms with E-state index in [4.69, 9.17) is 9.31 Å². The number of piperidine rings is 1. The molecule has 0 unspecified atom stereocenters. The normalized spacial score (nSPS) is 23.8. The molecule has 2 saturated heterocycles. The average molecular weight is 405 g/mol. The number of hydrogen-bond donors (Lipinski definition) is 0. The van der Waals surface area contributed by atoms with E-state index >= 15 is 0 Å². The van der Waals surface area contributed by atoms with Crippen molar-refractivity contribution in [2.75, 3.05) is 18.8 Å². The van der Waals surface area contributed by atoms with Crippen LogP contribution in [0.5, 0.6) is 0 Å². The molecule has 3 heterocycles. The molecular formula is C20H32BN3O3S. The molecule has 0 aromatic carbocycles. The number of likely N-dealkylation sites (tertiary alicyclic amines) is 1. The summed E-state index contributed by atoms with van der Waals surface area (Å²) in [4.78, 5) is 22.5. The molecule has 0 radical (unpaired) electrons. The second-order valence-electron chi connectivity index (χ2n) is 8.85. The molecule has 3 rings (SSSR count). The molecule has 2 fully saturated rings. The zero-order valence-corrected chi connectivity index (χ0v) is 18.6. The van der Waals surface area contributed by atoms with Crippen molar-refractivity contribution in [2.45, 2.75) is 76.7 Å². The molecule has 0 bridgehead atoms. The topological polar surface area (TPSA) is 64.6 Å². The summed E-state index contributed by atoms with van der Waals surface area (Å²) in [5, 5.41) is 0.786. The number of amides is 1. The lowest BCUT2D eigenvalue weighted by Crippen LogP contribution is -2.41. The number of carbonyl (C=O) groups excluding carboxylic acids is 1. The van der Waals surface area contributed by atoms with Crippen molar-refractivity contribution in [2.24, 2.45) is 5.92 Å². The van der Waals surface area contributed by atoms with Gasteiger partial charge in [0.05, 0.1) is 11.2 Å². The average Bonchev–Trinajstić information content (AvgIpc) is 2.87. The van der Waals surface area contributed by atoms with Crippen LogP contribution in [-0.2, 0) is 14.1 Å². The first kappa shape index (κ1) is 21.6. The second-order valence-corrected chi connectivity index (χ2v) is 9.91. The summed E-state index contributed by atoms with van der Waals surface area (Å²) in [5.41, 5.74) is 0.138. The van der Waals surface area contributed by atoms with Gasteiger partial charge in [0.2, 0.25) is 5.91 Å². The lowest BCUT2D eigenvalue weighted by atomic mass is 9.81. The molecule has 28 heavy (non-hydrogen) atoms. The van der Waals surface area contributed by atoms with E-state index in [0.717, 1.165) is 48.7 Å². The molecule has 8 heteroatoms. The van der Waals surface area contributed by atoms with Gasteiger partial charge >= 0.3 is 7.12 Å². The smallest absolute Gasteiger partial charge is 0.399 e. The Morgan fingerprint density at radius 3 is 2.50 bits per heavy atom. The summed E-state index contributed by atoms with van der Waals surface area (Å²) in [6.45, 7) is 11.7. The van der Waals surface area contributed by atoms with Crippen molar-refractivity contribution in [1.29, 1.82) is 0 Å². The number of hydrogen-bond acceptors (Lipinski definition) is 6. The van der Waals surface area contributed by atoms with Gasteiger partial charge in [-0.3, -0.25) is 4.79 Å². The first-order valence-electron chi connectivity index (χ1n) is 10.2. The first-order valence-corrected chi connectivity index (χ1v) is 11.2. The molecule has 0 spiro atoms. The van der Waals surface area contributed by atoms with Gasteiger partial charge < -0.3 is 14.2 Å². The van der Waals surface area contributed by atoms with E-state index in [9.17, 15) is 4.79 Å². The number of thioether (sulfide) groups is 1. The van der Waals surface area contributed by atoms with E-state index in [-0.39, 0.29) is 17.1 Å². The van der Waals surface area contributed by atoms with Crippen LogP contribution in [0.2, 0.25) is 0 Å². The highest BCUT2D eigenvalue weighted by molar-refractivity contribution is 7.99. The van der Waals surface area contributed by atoms with Crippen molar-refractivity contribution in [3.05, 3.63) is 12.4 Å². The summed E-state index contributed by atoms with van der Waals surface area (Å²) in [6.07, 6.45) is 8.24. The standard InChI is InChI=1S/C20H32BN3O3S/c1-15(25)24-10-6-8-16(14-24)9-7-11-28-18-22-12-17(13-23-18)21-26-19(2,3)20(4,5)27-21/h12-13,16H,6-11,14H2,1-5H3/t16-/m1/s1. The van der Waals surface area contributed by atoms with E-state index in [1.54, 1.807) is 18.7 Å². The molecule has 1 aromatic rings. The third kappa shape index (κ3) is 5.08. The van der Waals surface area contributed by atoms with Crippen molar-refractivity contribution in [3.8, 4) is 0 Å². The SMILES string of the molecule is CC(=O)N1CCC[C@H](CCCSc2ncc(B3OC(C)(C)C(C)(C)O3)cn2)C1. The highest BCUT2D eigenvalue weighted by Crippen LogP contribution is 2.36. The lowest BCUT2D eigenvalue weighted by molar-refractivity contribution is -0.130. The molecule has 0 saturated carbocycles. The first-order chi connectivity index (χ1) is 13.2. The Labute approximate surface area is 173 Å². The van der Waals surface area contributed by atoms with Gasteiger partial charge in [-0.25, -0.2) is 9.97 Å². The molecule has 154 valence electrons. The fourth-order valence-electron chi connectivity index (χ4n) is 3.62. The van der Waals surface area contributed by atoms with Crippen LogP contribution in [-0.4, -0.2) is 57.9 Å². The number of aromatic nitrogens is 2. The van der Waals surface area contributed by atoms with Crippen LogP contribution >= 0.6 is 11.8 Å². The van der Waals surface area contributed by atoms with Crippen molar-refractivity contribution < 1.29 is 14.1 Å². The van der Waals surface area contributed by atoms with Crippen LogP contribution in [0.3, 0.4) is 0 Å². The van der Waals surface area contributed by atoms with E-state index in [2.05, 4.69) is 9.97 Å².